The molecule has 0 bridgehead atoms. The Morgan fingerprint density at radius 1 is 1.06 bits per heavy atom. The Kier molecular flexibility index (Phi) is 6.23. The highest BCUT2D eigenvalue weighted by molar-refractivity contribution is 7.22. The summed E-state index contributed by atoms with van der Waals surface area (Å²) in [6.07, 6.45) is 1.12. The molecule has 36 heavy (non-hydrogen) atoms. The van der Waals surface area contributed by atoms with Gasteiger partial charge in [-0.15, -0.1) is 11.3 Å². The number of Topliss-reactive ketones (excluding diaryl/α,β-unsaturated/α-hetero) is 1. The minimum atomic E-state index is -0.698. The first-order valence-electron chi connectivity index (χ1n) is 11.8. The number of nitrogens with zero attached hydrogens (tertiary/aromatic N) is 3. The van der Waals surface area contributed by atoms with E-state index >= 15 is 0 Å². The van der Waals surface area contributed by atoms with Gasteiger partial charge in [0.1, 0.15) is 11.1 Å². The number of aryl methyl sites for hydroxylation is 2. The van der Waals surface area contributed by atoms with Crippen molar-refractivity contribution in [1.29, 1.82) is 0 Å². The van der Waals surface area contributed by atoms with Crippen molar-refractivity contribution >= 4 is 50.0 Å². The molecule has 2 aromatic heterocycles. The van der Waals surface area contributed by atoms with E-state index in [0.717, 1.165) is 54.1 Å². The Balaban J connectivity index is 1.79. The van der Waals surface area contributed by atoms with Gasteiger partial charge in [-0.2, -0.15) is 0 Å². The molecule has 5 nitrogen and oxygen atoms in total. The van der Waals surface area contributed by atoms with Gasteiger partial charge in [-0.05, 0) is 82.1 Å². The lowest BCUT2D eigenvalue weighted by Crippen LogP contribution is -2.27. The van der Waals surface area contributed by atoms with Crippen LogP contribution in [-0.2, 0) is 16.6 Å². The minimum Gasteiger partial charge on any atom is -0.360 e. The molecule has 3 aromatic carbocycles. The largest absolute Gasteiger partial charge is 0.360 e. The maximum atomic E-state index is 12.9. The van der Waals surface area contributed by atoms with Crippen molar-refractivity contribution < 1.29 is 9.53 Å². The second kappa shape index (κ2) is 9.11. The molecule has 0 radical (unpaired) electrons. The van der Waals surface area contributed by atoms with E-state index in [2.05, 4.69) is 23.2 Å². The SMILES string of the molecule is CC(=O)[C@@H](OC(C)(C)C)c1c(C)cc2nc(-c3ccc4ncn(C)c4c3)sc2c1-c1ccc(Cl)cc1. The van der Waals surface area contributed by atoms with Gasteiger partial charge in [0.2, 0.25) is 0 Å². The highest BCUT2D eigenvalue weighted by Gasteiger charge is 2.30. The van der Waals surface area contributed by atoms with E-state index < -0.39 is 11.7 Å². The van der Waals surface area contributed by atoms with Gasteiger partial charge in [0, 0.05) is 28.8 Å². The topological polar surface area (TPSA) is 57.0 Å². The Bertz CT molecular complexity index is 1610. The van der Waals surface area contributed by atoms with Crippen LogP contribution >= 0.6 is 22.9 Å². The van der Waals surface area contributed by atoms with Crippen LogP contribution in [0.25, 0.3) is 42.9 Å². The number of fused-ring (bicyclic) bond motifs is 2. The molecule has 5 aromatic rings. The number of hydrogen-bond acceptors (Lipinski definition) is 5. The maximum Gasteiger partial charge on any atom is 0.163 e. The Morgan fingerprint density at radius 3 is 2.42 bits per heavy atom. The number of thiazole rings is 1. The number of halogens is 1. The standard InChI is InChI=1S/C29H28ClN3O2S/c1-16-13-22-27(36-28(32-22)19-9-12-21-23(14-19)33(6)15-31-21)25(18-7-10-20(30)11-8-18)24(16)26(17(2)34)35-29(3,4)5/h7-15,26H,1-6H3/t26-/m1/s1. The highest BCUT2D eigenvalue weighted by atomic mass is 35.5. The van der Waals surface area contributed by atoms with E-state index in [-0.39, 0.29) is 5.78 Å². The molecule has 0 unspecified atom stereocenters. The smallest absolute Gasteiger partial charge is 0.163 e. The number of carbonyl (C=O) groups is 1. The molecule has 0 amide bonds. The molecule has 184 valence electrons. The third-order valence-electron chi connectivity index (χ3n) is 6.14. The van der Waals surface area contributed by atoms with E-state index in [9.17, 15) is 4.79 Å². The van der Waals surface area contributed by atoms with Crippen LogP contribution in [0.15, 0.2) is 54.9 Å². The molecular formula is C29H28ClN3O2S. The average molecular weight is 518 g/mol. The molecule has 5 rings (SSSR count). The number of ether oxygens (including phenoxy) is 1. The molecule has 0 aliphatic carbocycles. The third kappa shape index (κ3) is 4.57. The summed E-state index contributed by atoms with van der Waals surface area (Å²) in [6.45, 7) is 9.53. The second-order valence-electron chi connectivity index (χ2n) is 10.1. The van der Waals surface area contributed by atoms with Crippen LogP contribution in [0.4, 0.5) is 0 Å². The van der Waals surface area contributed by atoms with Crippen LogP contribution in [0, 0.1) is 6.92 Å². The van der Waals surface area contributed by atoms with E-state index in [1.165, 1.54) is 0 Å². The minimum absolute atomic E-state index is 0.0333. The summed E-state index contributed by atoms with van der Waals surface area (Å²) in [5, 5.41) is 1.57. The first-order valence-corrected chi connectivity index (χ1v) is 13.0. The van der Waals surface area contributed by atoms with E-state index in [0.29, 0.717) is 5.02 Å². The lowest BCUT2D eigenvalue weighted by molar-refractivity contribution is -0.138. The highest BCUT2D eigenvalue weighted by Crippen LogP contribution is 2.44. The van der Waals surface area contributed by atoms with Crippen molar-refractivity contribution in [2.75, 3.05) is 0 Å². The van der Waals surface area contributed by atoms with Crippen molar-refractivity contribution in [2.24, 2.45) is 7.05 Å². The van der Waals surface area contributed by atoms with Crippen molar-refractivity contribution in [2.45, 2.75) is 46.3 Å². The molecule has 7 heteroatoms. The predicted molar refractivity (Wildman–Crippen MR) is 149 cm³/mol. The fraction of sp³-hybridized carbons (Fsp3) is 0.276. The molecule has 0 saturated carbocycles. The van der Waals surface area contributed by atoms with E-state index in [1.54, 1.807) is 18.3 Å². The lowest BCUT2D eigenvalue weighted by atomic mass is 9.90. The number of aromatic nitrogens is 3. The first-order chi connectivity index (χ1) is 17.0. The predicted octanol–water partition coefficient (Wildman–Crippen LogP) is 7.92. The normalized spacial score (nSPS) is 13.0. The second-order valence-corrected chi connectivity index (χ2v) is 11.6. The Morgan fingerprint density at radius 2 is 1.75 bits per heavy atom. The van der Waals surface area contributed by atoms with Crippen LogP contribution in [0.3, 0.4) is 0 Å². The number of hydrogen-bond donors (Lipinski definition) is 0. The van der Waals surface area contributed by atoms with Gasteiger partial charge in [0.25, 0.3) is 0 Å². The maximum absolute atomic E-state index is 12.9. The number of benzene rings is 3. The first kappa shape index (κ1) is 24.6. The Hall–Kier alpha value is -3.06. The molecule has 0 N–H and O–H groups in total. The zero-order chi connectivity index (χ0) is 25.8. The van der Waals surface area contributed by atoms with Crippen LogP contribution in [-0.4, -0.2) is 25.9 Å². The van der Waals surface area contributed by atoms with E-state index in [1.807, 2.05) is 76.0 Å². The molecular weight excluding hydrogens is 490 g/mol. The van der Waals surface area contributed by atoms with Crippen molar-refractivity contribution in [3.8, 4) is 21.7 Å². The number of carbonyl (C=O) groups excluding carboxylic acids is 1. The van der Waals surface area contributed by atoms with Gasteiger partial charge in [-0.25, -0.2) is 9.97 Å². The molecule has 0 saturated heterocycles. The zero-order valence-electron chi connectivity index (χ0n) is 21.2. The van der Waals surface area contributed by atoms with Crippen LogP contribution in [0.1, 0.15) is 44.9 Å². The zero-order valence-corrected chi connectivity index (χ0v) is 22.8. The third-order valence-corrected chi connectivity index (χ3v) is 7.53. The van der Waals surface area contributed by atoms with Gasteiger partial charge >= 0.3 is 0 Å². The van der Waals surface area contributed by atoms with Crippen LogP contribution in [0.5, 0.6) is 0 Å². The molecule has 0 aliphatic heterocycles. The van der Waals surface area contributed by atoms with Gasteiger partial charge in [0.15, 0.2) is 5.78 Å². The number of rotatable bonds is 5. The van der Waals surface area contributed by atoms with Gasteiger partial charge in [-0.1, -0.05) is 23.7 Å². The number of imidazole rings is 1. The molecule has 0 spiro atoms. The van der Waals surface area contributed by atoms with Gasteiger partial charge < -0.3 is 9.30 Å². The molecule has 2 heterocycles. The summed E-state index contributed by atoms with van der Waals surface area (Å²) in [7, 11) is 1.99. The van der Waals surface area contributed by atoms with E-state index in [4.69, 9.17) is 21.3 Å². The van der Waals surface area contributed by atoms with Crippen molar-refractivity contribution in [3.05, 3.63) is 71.0 Å². The molecule has 1 atom stereocenters. The summed E-state index contributed by atoms with van der Waals surface area (Å²) < 4.78 is 9.37. The Labute approximate surface area is 219 Å². The lowest BCUT2D eigenvalue weighted by Gasteiger charge is -2.29. The van der Waals surface area contributed by atoms with Crippen LogP contribution < -0.4 is 0 Å². The van der Waals surface area contributed by atoms with Gasteiger partial charge in [-0.3, -0.25) is 4.79 Å². The summed E-state index contributed by atoms with van der Waals surface area (Å²) in [4.78, 5) is 22.4. The quantitative estimate of drug-likeness (QED) is 0.237. The summed E-state index contributed by atoms with van der Waals surface area (Å²) in [5.41, 5.74) is 7.22. The monoisotopic (exact) mass is 517 g/mol. The molecule has 0 aliphatic rings. The average Bonchev–Trinajstić information content (AvgIpc) is 3.40. The fourth-order valence-electron chi connectivity index (χ4n) is 4.53. The van der Waals surface area contributed by atoms with Crippen molar-refractivity contribution in [1.82, 2.24) is 14.5 Å². The molecule has 0 fully saturated rings. The fourth-order valence-corrected chi connectivity index (χ4v) is 5.78. The van der Waals surface area contributed by atoms with Gasteiger partial charge in [0.05, 0.1) is 33.2 Å². The van der Waals surface area contributed by atoms with Crippen LogP contribution in [0.2, 0.25) is 5.02 Å². The summed E-state index contributed by atoms with van der Waals surface area (Å²) in [6, 6.07) is 16.0. The van der Waals surface area contributed by atoms with Crippen molar-refractivity contribution in [3.63, 3.8) is 0 Å². The summed E-state index contributed by atoms with van der Waals surface area (Å²) in [5.74, 6) is -0.0333. The number of ketones is 1. The summed E-state index contributed by atoms with van der Waals surface area (Å²) >= 11 is 7.85.